The Morgan fingerprint density at radius 2 is 1.79 bits per heavy atom. The van der Waals surface area contributed by atoms with Crippen molar-refractivity contribution in [2.45, 2.75) is 19.1 Å². The molecule has 0 aliphatic heterocycles. The average molecular weight is 440 g/mol. The van der Waals surface area contributed by atoms with E-state index in [1.165, 1.54) is 6.08 Å². The number of aliphatic carboxylic acids is 1. The molecule has 1 atom stereocenters. The average Bonchev–Trinajstić information content (AvgIpc) is 3.25. The minimum atomic E-state index is -1.08. The summed E-state index contributed by atoms with van der Waals surface area (Å²) in [5.41, 5.74) is 3.61. The van der Waals surface area contributed by atoms with Crippen molar-refractivity contribution in [3.05, 3.63) is 108 Å². The third kappa shape index (κ3) is 5.89. The van der Waals surface area contributed by atoms with Crippen LogP contribution in [0.1, 0.15) is 16.7 Å². The lowest BCUT2D eigenvalue weighted by molar-refractivity contribution is -0.141. The van der Waals surface area contributed by atoms with Crippen molar-refractivity contribution in [1.82, 2.24) is 10.3 Å². The van der Waals surface area contributed by atoms with Crippen LogP contribution in [0.5, 0.6) is 5.75 Å². The molecule has 0 spiro atoms. The molecule has 0 fully saturated rings. The molecule has 1 amide bonds. The fourth-order valence-corrected chi connectivity index (χ4v) is 3.56. The smallest absolute Gasteiger partial charge is 0.326 e. The van der Waals surface area contributed by atoms with E-state index < -0.39 is 17.9 Å². The predicted molar refractivity (Wildman–Crippen MR) is 128 cm³/mol. The first-order valence-electron chi connectivity index (χ1n) is 10.6. The van der Waals surface area contributed by atoms with Crippen LogP contribution in [0.15, 0.2) is 91.1 Å². The molecule has 4 rings (SSSR count). The number of carbonyl (C=O) groups is 2. The molecule has 33 heavy (non-hydrogen) atoms. The molecule has 0 saturated carbocycles. The van der Waals surface area contributed by atoms with Crippen molar-refractivity contribution in [1.29, 1.82) is 0 Å². The summed E-state index contributed by atoms with van der Waals surface area (Å²) < 4.78 is 5.81. The van der Waals surface area contributed by atoms with Crippen LogP contribution >= 0.6 is 0 Å². The van der Waals surface area contributed by atoms with E-state index in [1.807, 2.05) is 78.9 Å². The fourth-order valence-electron chi connectivity index (χ4n) is 3.56. The molecule has 3 aromatic carbocycles. The van der Waals surface area contributed by atoms with Gasteiger partial charge in [-0.15, -0.1) is 0 Å². The van der Waals surface area contributed by atoms with Gasteiger partial charge in [0.25, 0.3) is 0 Å². The number of para-hydroxylation sites is 1. The van der Waals surface area contributed by atoms with E-state index in [9.17, 15) is 14.7 Å². The summed E-state index contributed by atoms with van der Waals surface area (Å²) in [5.74, 6) is -0.875. The zero-order valence-electron chi connectivity index (χ0n) is 17.9. The van der Waals surface area contributed by atoms with Crippen LogP contribution in [0.25, 0.3) is 17.0 Å². The van der Waals surface area contributed by atoms with Gasteiger partial charge in [-0.25, -0.2) is 4.79 Å². The summed E-state index contributed by atoms with van der Waals surface area (Å²) in [7, 11) is 0. The van der Waals surface area contributed by atoms with Gasteiger partial charge in [0.05, 0.1) is 0 Å². The summed E-state index contributed by atoms with van der Waals surface area (Å²) in [6.45, 7) is 0.447. The van der Waals surface area contributed by atoms with Gasteiger partial charge >= 0.3 is 5.97 Å². The van der Waals surface area contributed by atoms with Crippen LogP contribution < -0.4 is 10.1 Å². The number of H-pyrrole nitrogens is 1. The van der Waals surface area contributed by atoms with E-state index in [1.54, 1.807) is 12.3 Å². The quantitative estimate of drug-likeness (QED) is 0.333. The van der Waals surface area contributed by atoms with Crippen LogP contribution in [0.4, 0.5) is 0 Å². The van der Waals surface area contributed by atoms with Gasteiger partial charge < -0.3 is 20.1 Å². The molecule has 0 aliphatic carbocycles. The van der Waals surface area contributed by atoms with Gasteiger partial charge in [-0.1, -0.05) is 60.7 Å². The van der Waals surface area contributed by atoms with E-state index in [0.717, 1.165) is 27.6 Å². The molecule has 0 aliphatic rings. The number of carboxylic acid groups (broad SMARTS) is 1. The van der Waals surface area contributed by atoms with Gasteiger partial charge in [-0.3, -0.25) is 4.79 Å². The Hall–Kier alpha value is -4.32. The highest BCUT2D eigenvalue weighted by atomic mass is 16.5. The minimum Gasteiger partial charge on any atom is -0.489 e. The van der Waals surface area contributed by atoms with Crippen molar-refractivity contribution >= 4 is 28.9 Å². The molecule has 6 nitrogen and oxygen atoms in total. The molecule has 1 heterocycles. The summed E-state index contributed by atoms with van der Waals surface area (Å²) >= 11 is 0. The Kier molecular flexibility index (Phi) is 6.85. The van der Waals surface area contributed by atoms with E-state index in [0.29, 0.717) is 12.4 Å². The number of aromatic amines is 1. The number of carboxylic acids is 1. The molecule has 1 aromatic heterocycles. The molecule has 0 bridgehead atoms. The highest BCUT2D eigenvalue weighted by molar-refractivity contribution is 5.94. The van der Waals surface area contributed by atoms with E-state index in [4.69, 9.17) is 4.74 Å². The number of hydrogen-bond donors (Lipinski definition) is 3. The lowest BCUT2D eigenvalue weighted by Crippen LogP contribution is -2.41. The first kappa shape index (κ1) is 21.9. The van der Waals surface area contributed by atoms with Crippen molar-refractivity contribution < 1.29 is 19.4 Å². The monoisotopic (exact) mass is 440 g/mol. The summed E-state index contributed by atoms with van der Waals surface area (Å²) in [6, 6.07) is 23.8. The molecule has 0 radical (unpaired) electrons. The summed E-state index contributed by atoms with van der Waals surface area (Å²) in [6.07, 6.45) is 4.93. The van der Waals surface area contributed by atoms with E-state index >= 15 is 0 Å². The number of rotatable bonds is 9. The van der Waals surface area contributed by atoms with Gasteiger partial charge in [0.15, 0.2) is 0 Å². The number of carbonyl (C=O) groups excluding carboxylic acids is 1. The number of hydrogen-bond acceptors (Lipinski definition) is 3. The Balaban J connectivity index is 1.37. The van der Waals surface area contributed by atoms with Gasteiger partial charge in [0, 0.05) is 29.6 Å². The van der Waals surface area contributed by atoms with Crippen molar-refractivity contribution in [3.63, 3.8) is 0 Å². The second-order valence-corrected chi connectivity index (χ2v) is 7.64. The lowest BCUT2D eigenvalue weighted by Gasteiger charge is -2.13. The van der Waals surface area contributed by atoms with Crippen molar-refractivity contribution in [2.24, 2.45) is 0 Å². The molecule has 166 valence electrons. The SMILES string of the molecule is O=C(/C=C/c1cccc(OCc2ccccc2)c1)NC(Cc1c[nH]c2ccccc12)C(=O)O. The predicted octanol–water partition coefficient (Wildman–Crippen LogP) is 4.57. The second kappa shape index (κ2) is 10.3. The van der Waals surface area contributed by atoms with Crippen molar-refractivity contribution in [3.8, 4) is 5.75 Å². The first-order chi connectivity index (χ1) is 16.1. The van der Waals surface area contributed by atoms with Gasteiger partial charge in [0.1, 0.15) is 18.4 Å². The van der Waals surface area contributed by atoms with Crippen LogP contribution in [-0.4, -0.2) is 28.0 Å². The van der Waals surface area contributed by atoms with E-state index in [2.05, 4.69) is 10.3 Å². The zero-order chi connectivity index (χ0) is 23.0. The molecule has 1 unspecified atom stereocenters. The Labute approximate surface area is 191 Å². The molecular weight excluding hydrogens is 416 g/mol. The van der Waals surface area contributed by atoms with Gasteiger partial charge in [-0.05, 0) is 41.0 Å². The number of benzene rings is 3. The minimum absolute atomic E-state index is 0.182. The molecular formula is C27H24N2O4. The highest BCUT2D eigenvalue weighted by Crippen LogP contribution is 2.19. The molecule has 6 heteroatoms. The number of fused-ring (bicyclic) bond motifs is 1. The third-order valence-electron chi connectivity index (χ3n) is 5.25. The first-order valence-corrected chi connectivity index (χ1v) is 10.6. The maximum Gasteiger partial charge on any atom is 0.326 e. The Bertz CT molecular complexity index is 1280. The highest BCUT2D eigenvalue weighted by Gasteiger charge is 2.21. The number of amides is 1. The maximum atomic E-state index is 12.4. The lowest BCUT2D eigenvalue weighted by atomic mass is 10.0. The van der Waals surface area contributed by atoms with Crippen LogP contribution in [0.3, 0.4) is 0 Å². The number of nitrogens with one attached hydrogen (secondary N) is 2. The Morgan fingerprint density at radius 1 is 1.00 bits per heavy atom. The van der Waals surface area contributed by atoms with Crippen LogP contribution in [0, 0.1) is 0 Å². The topological polar surface area (TPSA) is 91.4 Å². The van der Waals surface area contributed by atoms with Crippen LogP contribution in [-0.2, 0) is 22.6 Å². The number of ether oxygens (including phenoxy) is 1. The second-order valence-electron chi connectivity index (χ2n) is 7.64. The standard InChI is InChI=1S/C27H24N2O4/c30-26(29-25(27(31)32)16-21-17-28-24-12-5-4-11-23(21)24)14-13-19-9-6-10-22(15-19)33-18-20-7-2-1-3-8-20/h1-15,17,25,28H,16,18H2,(H,29,30)(H,31,32)/b14-13+. The maximum absolute atomic E-state index is 12.4. The number of aromatic nitrogens is 1. The molecule has 4 aromatic rings. The van der Waals surface area contributed by atoms with Crippen LogP contribution in [0.2, 0.25) is 0 Å². The molecule has 0 saturated heterocycles. The van der Waals surface area contributed by atoms with Gasteiger partial charge in [0.2, 0.25) is 5.91 Å². The Morgan fingerprint density at radius 3 is 2.61 bits per heavy atom. The van der Waals surface area contributed by atoms with Gasteiger partial charge in [-0.2, -0.15) is 0 Å². The largest absolute Gasteiger partial charge is 0.489 e. The molecule has 3 N–H and O–H groups in total. The summed E-state index contributed by atoms with van der Waals surface area (Å²) in [4.78, 5) is 27.3. The third-order valence-corrected chi connectivity index (χ3v) is 5.25. The normalized spacial score (nSPS) is 12.0. The van der Waals surface area contributed by atoms with Crippen molar-refractivity contribution in [2.75, 3.05) is 0 Å². The summed E-state index contributed by atoms with van der Waals surface area (Å²) in [5, 5.41) is 13.1. The van der Waals surface area contributed by atoms with E-state index in [-0.39, 0.29) is 6.42 Å². The zero-order valence-corrected chi connectivity index (χ0v) is 17.9. The fraction of sp³-hybridized carbons (Fsp3) is 0.111.